The molecule has 4 nitrogen and oxygen atoms in total. The summed E-state index contributed by atoms with van der Waals surface area (Å²) in [5, 5.41) is 11.5. The Balaban J connectivity index is 2.01. The number of rotatable bonds is 4. The Kier molecular flexibility index (Phi) is 5.67. The SMILES string of the molecule is Cc1cccnc1[C@@H](NC(=O)c1ccc(C#N)c(F)c1)c1ccc(Cl)c(F)c1. The molecular formula is C21H14ClF2N3O. The molecule has 3 aromatic rings. The molecule has 0 radical (unpaired) electrons. The normalized spacial score (nSPS) is 11.5. The van der Waals surface area contributed by atoms with Crippen LogP contribution in [0.3, 0.4) is 0 Å². The van der Waals surface area contributed by atoms with E-state index in [1.807, 2.05) is 13.0 Å². The van der Waals surface area contributed by atoms with Gasteiger partial charge in [0.1, 0.15) is 17.7 Å². The van der Waals surface area contributed by atoms with Crippen molar-refractivity contribution in [2.24, 2.45) is 0 Å². The summed E-state index contributed by atoms with van der Waals surface area (Å²) in [6.07, 6.45) is 1.56. The fourth-order valence-corrected chi connectivity index (χ4v) is 2.88. The molecule has 0 saturated carbocycles. The van der Waals surface area contributed by atoms with Crippen molar-refractivity contribution in [3.05, 3.63) is 99.3 Å². The molecule has 1 aromatic heterocycles. The second-order valence-electron chi connectivity index (χ2n) is 6.09. The van der Waals surface area contributed by atoms with Crippen molar-refractivity contribution in [1.82, 2.24) is 10.3 Å². The minimum Gasteiger partial charge on any atom is -0.340 e. The highest BCUT2D eigenvalue weighted by Crippen LogP contribution is 2.27. The molecule has 3 rings (SSSR count). The van der Waals surface area contributed by atoms with Gasteiger partial charge < -0.3 is 5.32 Å². The standard InChI is InChI=1S/C21H14ClF2N3O/c1-12-3-2-8-26-19(12)20(13-6-7-16(22)18(24)9-13)27-21(28)14-4-5-15(11-25)17(23)10-14/h2-10,20H,1H3,(H,27,28)/t20-/m0/s1. The van der Waals surface area contributed by atoms with Gasteiger partial charge in [0.05, 0.1) is 22.3 Å². The fourth-order valence-electron chi connectivity index (χ4n) is 2.76. The zero-order chi connectivity index (χ0) is 20.3. The van der Waals surface area contributed by atoms with Crippen LogP contribution in [0.25, 0.3) is 0 Å². The lowest BCUT2D eigenvalue weighted by Gasteiger charge is -2.21. The molecule has 0 saturated heterocycles. The maximum absolute atomic E-state index is 14.0. The average molecular weight is 398 g/mol. The summed E-state index contributed by atoms with van der Waals surface area (Å²) in [4.78, 5) is 17.0. The molecule has 0 aliphatic carbocycles. The lowest BCUT2D eigenvalue weighted by molar-refractivity contribution is 0.0941. The van der Waals surface area contributed by atoms with Crippen LogP contribution in [-0.4, -0.2) is 10.9 Å². The number of benzene rings is 2. The number of carbonyl (C=O) groups excluding carboxylic acids is 1. The smallest absolute Gasteiger partial charge is 0.252 e. The Morgan fingerprint density at radius 1 is 1.18 bits per heavy atom. The van der Waals surface area contributed by atoms with Gasteiger partial charge in [0, 0.05) is 11.8 Å². The summed E-state index contributed by atoms with van der Waals surface area (Å²) in [6.45, 7) is 1.81. The predicted octanol–water partition coefficient (Wildman–Crippen LogP) is 4.71. The third-order valence-corrected chi connectivity index (χ3v) is 4.53. The van der Waals surface area contributed by atoms with Gasteiger partial charge in [-0.15, -0.1) is 0 Å². The van der Waals surface area contributed by atoms with E-state index in [1.165, 1.54) is 24.3 Å². The van der Waals surface area contributed by atoms with Crippen molar-refractivity contribution >= 4 is 17.5 Å². The van der Waals surface area contributed by atoms with E-state index in [4.69, 9.17) is 16.9 Å². The zero-order valence-electron chi connectivity index (χ0n) is 14.7. The highest BCUT2D eigenvalue weighted by molar-refractivity contribution is 6.30. The number of nitriles is 1. The van der Waals surface area contributed by atoms with Gasteiger partial charge in [-0.2, -0.15) is 5.26 Å². The second-order valence-corrected chi connectivity index (χ2v) is 6.50. The number of halogens is 3. The van der Waals surface area contributed by atoms with Gasteiger partial charge in [-0.1, -0.05) is 23.7 Å². The van der Waals surface area contributed by atoms with Gasteiger partial charge >= 0.3 is 0 Å². The van der Waals surface area contributed by atoms with Crippen molar-refractivity contribution in [2.45, 2.75) is 13.0 Å². The third kappa shape index (κ3) is 4.00. The summed E-state index contributed by atoms with van der Waals surface area (Å²) < 4.78 is 27.9. The van der Waals surface area contributed by atoms with Gasteiger partial charge in [-0.05, 0) is 54.4 Å². The number of aromatic nitrogens is 1. The van der Waals surface area contributed by atoms with E-state index in [0.29, 0.717) is 11.3 Å². The molecule has 1 N–H and O–H groups in total. The van der Waals surface area contributed by atoms with E-state index >= 15 is 0 Å². The van der Waals surface area contributed by atoms with Crippen LogP contribution in [0.1, 0.15) is 38.8 Å². The molecule has 0 unspecified atom stereocenters. The first-order valence-electron chi connectivity index (χ1n) is 8.27. The van der Waals surface area contributed by atoms with E-state index in [2.05, 4.69) is 10.3 Å². The first-order chi connectivity index (χ1) is 13.4. The van der Waals surface area contributed by atoms with Crippen LogP contribution in [0.15, 0.2) is 54.7 Å². The Morgan fingerprint density at radius 3 is 2.61 bits per heavy atom. The molecule has 28 heavy (non-hydrogen) atoms. The second kappa shape index (κ2) is 8.15. The van der Waals surface area contributed by atoms with Crippen molar-refractivity contribution in [3.8, 4) is 6.07 Å². The maximum Gasteiger partial charge on any atom is 0.252 e. The lowest BCUT2D eigenvalue weighted by atomic mass is 9.99. The molecule has 2 aromatic carbocycles. The molecule has 0 aliphatic rings. The number of aryl methyl sites for hydroxylation is 1. The lowest BCUT2D eigenvalue weighted by Crippen LogP contribution is -2.30. The van der Waals surface area contributed by atoms with Gasteiger partial charge in [0.2, 0.25) is 0 Å². The number of nitrogens with one attached hydrogen (secondary N) is 1. The Bertz CT molecular complexity index is 1100. The number of pyridine rings is 1. The van der Waals surface area contributed by atoms with Crippen LogP contribution in [0, 0.1) is 29.9 Å². The first-order valence-corrected chi connectivity index (χ1v) is 8.65. The van der Waals surface area contributed by atoms with Gasteiger partial charge in [-0.25, -0.2) is 8.78 Å². The van der Waals surface area contributed by atoms with E-state index in [9.17, 15) is 13.6 Å². The monoisotopic (exact) mass is 397 g/mol. The van der Waals surface area contributed by atoms with Crippen molar-refractivity contribution < 1.29 is 13.6 Å². The molecule has 0 bridgehead atoms. The molecule has 1 amide bonds. The van der Waals surface area contributed by atoms with Crippen LogP contribution in [0.5, 0.6) is 0 Å². The van der Waals surface area contributed by atoms with Crippen LogP contribution in [-0.2, 0) is 0 Å². The van der Waals surface area contributed by atoms with E-state index < -0.39 is 23.6 Å². The number of carbonyl (C=O) groups is 1. The Labute approximate surface area is 165 Å². The quantitative estimate of drug-likeness (QED) is 0.693. The molecule has 0 spiro atoms. The summed E-state index contributed by atoms with van der Waals surface area (Å²) in [6, 6.07) is 12.3. The van der Waals surface area contributed by atoms with Crippen molar-refractivity contribution in [1.29, 1.82) is 5.26 Å². The number of amides is 1. The first kappa shape index (κ1) is 19.5. The molecule has 0 fully saturated rings. The summed E-state index contributed by atoms with van der Waals surface area (Å²) in [7, 11) is 0. The van der Waals surface area contributed by atoms with Crippen LogP contribution < -0.4 is 5.32 Å². The summed E-state index contributed by atoms with van der Waals surface area (Å²) in [5.74, 6) is -2.01. The molecule has 7 heteroatoms. The Morgan fingerprint density at radius 2 is 1.96 bits per heavy atom. The van der Waals surface area contributed by atoms with E-state index in [-0.39, 0.29) is 16.1 Å². The largest absolute Gasteiger partial charge is 0.340 e. The van der Waals surface area contributed by atoms with Crippen LogP contribution >= 0.6 is 11.6 Å². The Hall–Kier alpha value is -3.30. The molecule has 140 valence electrons. The van der Waals surface area contributed by atoms with Gasteiger partial charge in [-0.3, -0.25) is 9.78 Å². The van der Waals surface area contributed by atoms with Crippen molar-refractivity contribution in [2.75, 3.05) is 0 Å². The molecule has 0 aliphatic heterocycles. The number of hydrogen-bond acceptors (Lipinski definition) is 3. The van der Waals surface area contributed by atoms with Crippen LogP contribution in [0.2, 0.25) is 5.02 Å². The minimum atomic E-state index is -0.793. The maximum atomic E-state index is 14.0. The summed E-state index contributed by atoms with van der Waals surface area (Å²) >= 11 is 5.76. The fraction of sp³-hybridized carbons (Fsp3) is 0.0952. The predicted molar refractivity (Wildman–Crippen MR) is 101 cm³/mol. The summed E-state index contributed by atoms with van der Waals surface area (Å²) in [5.41, 5.74) is 1.62. The zero-order valence-corrected chi connectivity index (χ0v) is 15.5. The van der Waals surface area contributed by atoms with E-state index in [0.717, 1.165) is 11.6 Å². The van der Waals surface area contributed by atoms with Crippen molar-refractivity contribution in [3.63, 3.8) is 0 Å². The highest BCUT2D eigenvalue weighted by atomic mass is 35.5. The third-order valence-electron chi connectivity index (χ3n) is 4.23. The topological polar surface area (TPSA) is 65.8 Å². The van der Waals surface area contributed by atoms with Crippen LogP contribution in [0.4, 0.5) is 8.78 Å². The number of hydrogen-bond donors (Lipinski definition) is 1. The van der Waals surface area contributed by atoms with Gasteiger partial charge in [0.15, 0.2) is 0 Å². The van der Waals surface area contributed by atoms with Gasteiger partial charge in [0.25, 0.3) is 5.91 Å². The van der Waals surface area contributed by atoms with E-state index in [1.54, 1.807) is 24.4 Å². The molecular weight excluding hydrogens is 384 g/mol. The number of nitrogens with zero attached hydrogens (tertiary/aromatic N) is 2. The average Bonchev–Trinajstić information content (AvgIpc) is 2.68. The highest BCUT2D eigenvalue weighted by Gasteiger charge is 2.22. The minimum absolute atomic E-state index is 0.0320. The molecule has 1 heterocycles. The molecule has 1 atom stereocenters.